The van der Waals surface area contributed by atoms with Crippen molar-refractivity contribution in [3.8, 4) is 0 Å². The van der Waals surface area contributed by atoms with Crippen molar-refractivity contribution in [2.75, 3.05) is 31.5 Å². The minimum atomic E-state index is -0.379. The van der Waals surface area contributed by atoms with Gasteiger partial charge in [-0.1, -0.05) is 59.6 Å². The molecular formula is C22H25Cl2N3O2. The van der Waals surface area contributed by atoms with Gasteiger partial charge in [-0.2, -0.15) is 0 Å². The molecule has 0 bridgehead atoms. The summed E-state index contributed by atoms with van der Waals surface area (Å²) in [6.07, 6.45) is 2.16. The summed E-state index contributed by atoms with van der Waals surface area (Å²) in [6.45, 7) is 4.00. The van der Waals surface area contributed by atoms with Crippen LogP contribution in [0.2, 0.25) is 10.0 Å². The van der Waals surface area contributed by atoms with Crippen LogP contribution in [0.1, 0.15) is 31.4 Å². The van der Waals surface area contributed by atoms with Crippen molar-refractivity contribution in [2.45, 2.75) is 25.8 Å². The highest BCUT2D eigenvalue weighted by atomic mass is 35.5. The minimum absolute atomic E-state index is 0.0614. The Balaban J connectivity index is 1.76. The molecular weight excluding hydrogens is 409 g/mol. The number of benzene rings is 2. The Morgan fingerprint density at radius 3 is 2.24 bits per heavy atom. The topological polar surface area (TPSA) is 52.7 Å². The lowest BCUT2D eigenvalue weighted by molar-refractivity contribution is -0.139. The summed E-state index contributed by atoms with van der Waals surface area (Å²) >= 11 is 12.3. The molecule has 0 spiro atoms. The fourth-order valence-corrected chi connectivity index (χ4v) is 4.12. The highest BCUT2D eigenvalue weighted by Gasteiger charge is 2.33. The van der Waals surface area contributed by atoms with Gasteiger partial charge >= 0.3 is 0 Å². The van der Waals surface area contributed by atoms with E-state index >= 15 is 0 Å². The molecule has 1 atom stereocenters. The molecule has 7 heteroatoms. The lowest BCUT2D eigenvalue weighted by atomic mass is 10.0. The molecule has 154 valence electrons. The third-order valence-corrected chi connectivity index (χ3v) is 5.74. The molecule has 2 aromatic rings. The molecule has 0 radical (unpaired) electrons. The summed E-state index contributed by atoms with van der Waals surface area (Å²) in [7, 11) is 0. The smallest absolute Gasteiger partial charge is 0.244 e. The predicted molar refractivity (Wildman–Crippen MR) is 117 cm³/mol. The SMILES string of the molecule is CCN(CC(=O)Nc1c(Cl)cccc1Cl)C(=O)C(c1ccccc1)N1CCCC1. The Hall–Kier alpha value is -2.08. The van der Waals surface area contributed by atoms with Gasteiger partial charge in [-0.15, -0.1) is 0 Å². The van der Waals surface area contributed by atoms with Crippen LogP contribution in [0.4, 0.5) is 5.69 Å². The maximum atomic E-state index is 13.4. The van der Waals surface area contributed by atoms with E-state index in [0.717, 1.165) is 31.5 Å². The third kappa shape index (κ3) is 5.30. The molecule has 2 amide bonds. The Morgan fingerprint density at radius 1 is 1.03 bits per heavy atom. The van der Waals surface area contributed by atoms with Gasteiger partial charge in [0.15, 0.2) is 0 Å². The van der Waals surface area contributed by atoms with Gasteiger partial charge in [0.2, 0.25) is 11.8 Å². The molecule has 1 N–H and O–H groups in total. The second-order valence-electron chi connectivity index (χ2n) is 7.05. The molecule has 1 aliphatic heterocycles. The Bertz CT molecular complexity index is 834. The molecule has 29 heavy (non-hydrogen) atoms. The standard InChI is InChI=1S/C22H25Cl2N3O2/c1-2-26(15-19(28)25-20-17(23)11-8-12-18(20)24)22(29)21(27-13-6-7-14-27)16-9-4-3-5-10-16/h3-5,8-12,21H,2,6-7,13-15H2,1H3,(H,25,28). The van der Waals surface area contributed by atoms with Crippen molar-refractivity contribution >= 4 is 40.7 Å². The first-order valence-electron chi connectivity index (χ1n) is 9.83. The van der Waals surface area contributed by atoms with Gasteiger partial charge in [-0.3, -0.25) is 14.5 Å². The number of carbonyl (C=O) groups is 2. The number of likely N-dealkylation sites (tertiary alicyclic amines) is 1. The van der Waals surface area contributed by atoms with Crippen LogP contribution < -0.4 is 5.32 Å². The van der Waals surface area contributed by atoms with Gasteiger partial charge in [-0.25, -0.2) is 0 Å². The zero-order valence-electron chi connectivity index (χ0n) is 16.4. The molecule has 2 aromatic carbocycles. The van der Waals surface area contributed by atoms with E-state index < -0.39 is 0 Å². The van der Waals surface area contributed by atoms with Crippen molar-refractivity contribution in [1.29, 1.82) is 0 Å². The number of likely N-dealkylation sites (N-methyl/N-ethyl adjacent to an activating group) is 1. The first kappa shape index (κ1) is 21.6. The number of nitrogens with zero attached hydrogens (tertiary/aromatic N) is 2. The number of amides is 2. The van der Waals surface area contributed by atoms with E-state index in [4.69, 9.17) is 23.2 Å². The second-order valence-corrected chi connectivity index (χ2v) is 7.87. The molecule has 1 heterocycles. The van der Waals surface area contributed by atoms with E-state index in [1.165, 1.54) is 0 Å². The maximum Gasteiger partial charge on any atom is 0.244 e. The summed E-state index contributed by atoms with van der Waals surface area (Å²) < 4.78 is 0. The van der Waals surface area contributed by atoms with Crippen LogP contribution in [0.15, 0.2) is 48.5 Å². The first-order chi connectivity index (χ1) is 14.0. The molecule has 0 saturated carbocycles. The highest BCUT2D eigenvalue weighted by molar-refractivity contribution is 6.39. The molecule has 5 nitrogen and oxygen atoms in total. The normalized spacial score (nSPS) is 15.1. The van der Waals surface area contributed by atoms with Gasteiger partial charge in [0, 0.05) is 6.54 Å². The van der Waals surface area contributed by atoms with Gasteiger partial charge in [0.25, 0.3) is 0 Å². The average molecular weight is 434 g/mol. The zero-order valence-corrected chi connectivity index (χ0v) is 17.9. The van der Waals surface area contributed by atoms with Crippen LogP contribution in [0.5, 0.6) is 0 Å². The number of nitrogens with one attached hydrogen (secondary N) is 1. The van der Waals surface area contributed by atoms with E-state index in [-0.39, 0.29) is 24.4 Å². The largest absolute Gasteiger partial charge is 0.332 e. The van der Waals surface area contributed by atoms with E-state index in [2.05, 4.69) is 10.2 Å². The second kappa shape index (κ2) is 10.1. The molecule has 1 fully saturated rings. The van der Waals surface area contributed by atoms with E-state index in [0.29, 0.717) is 22.3 Å². The molecule has 0 aromatic heterocycles. The van der Waals surface area contributed by atoms with Gasteiger partial charge < -0.3 is 10.2 Å². The predicted octanol–water partition coefficient (Wildman–Crippen LogP) is 4.62. The van der Waals surface area contributed by atoms with Crippen LogP contribution in [0.3, 0.4) is 0 Å². The average Bonchev–Trinajstić information content (AvgIpc) is 3.24. The molecule has 1 unspecified atom stereocenters. The first-order valence-corrected chi connectivity index (χ1v) is 10.6. The quantitative estimate of drug-likeness (QED) is 0.692. The van der Waals surface area contributed by atoms with Crippen LogP contribution in [-0.2, 0) is 9.59 Å². The van der Waals surface area contributed by atoms with Gasteiger partial charge in [-0.05, 0) is 50.6 Å². The summed E-state index contributed by atoms with van der Waals surface area (Å²) in [5, 5.41) is 3.46. The number of para-hydroxylation sites is 1. The minimum Gasteiger partial charge on any atom is -0.332 e. The Morgan fingerprint density at radius 2 is 1.66 bits per heavy atom. The van der Waals surface area contributed by atoms with Crippen molar-refractivity contribution in [3.63, 3.8) is 0 Å². The fraction of sp³-hybridized carbons (Fsp3) is 0.364. The maximum absolute atomic E-state index is 13.4. The number of anilines is 1. The lowest BCUT2D eigenvalue weighted by Crippen LogP contribution is -2.45. The van der Waals surface area contributed by atoms with E-state index in [1.54, 1.807) is 23.1 Å². The van der Waals surface area contributed by atoms with Gasteiger partial charge in [0.1, 0.15) is 6.04 Å². The number of hydrogen-bond donors (Lipinski definition) is 1. The molecule has 1 saturated heterocycles. The number of carbonyl (C=O) groups excluding carboxylic acids is 2. The number of rotatable bonds is 7. The zero-order chi connectivity index (χ0) is 20.8. The Kier molecular flexibility index (Phi) is 7.53. The summed E-state index contributed by atoms with van der Waals surface area (Å²) in [4.78, 5) is 29.8. The van der Waals surface area contributed by atoms with Crippen molar-refractivity contribution < 1.29 is 9.59 Å². The third-order valence-electron chi connectivity index (χ3n) is 5.11. The molecule has 0 aliphatic carbocycles. The molecule has 1 aliphatic rings. The van der Waals surface area contributed by atoms with Crippen LogP contribution in [-0.4, -0.2) is 47.8 Å². The molecule has 3 rings (SSSR count). The van der Waals surface area contributed by atoms with Crippen LogP contribution >= 0.6 is 23.2 Å². The van der Waals surface area contributed by atoms with Crippen molar-refractivity contribution in [1.82, 2.24) is 9.80 Å². The van der Waals surface area contributed by atoms with Crippen molar-refractivity contribution in [2.24, 2.45) is 0 Å². The van der Waals surface area contributed by atoms with Crippen LogP contribution in [0, 0.1) is 0 Å². The van der Waals surface area contributed by atoms with E-state index in [9.17, 15) is 9.59 Å². The fourth-order valence-electron chi connectivity index (χ4n) is 3.63. The van der Waals surface area contributed by atoms with Gasteiger partial charge in [0.05, 0.1) is 22.3 Å². The van der Waals surface area contributed by atoms with E-state index in [1.807, 2.05) is 37.3 Å². The number of hydrogen-bond acceptors (Lipinski definition) is 3. The van der Waals surface area contributed by atoms with Crippen molar-refractivity contribution in [3.05, 3.63) is 64.1 Å². The summed E-state index contributed by atoms with van der Waals surface area (Å²) in [6, 6.07) is 14.4. The highest BCUT2D eigenvalue weighted by Crippen LogP contribution is 2.30. The lowest BCUT2D eigenvalue weighted by Gasteiger charge is -2.32. The monoisotopic (exact) mass is 433 g/mol. The number of halogens is 2. The van der Waals surface area contributed by atoms with Crippen LogP contribution in [0.25, 0.3) is 0 Å². The summed E-state index contributed by atoms with van der Waals surface area (Å²) in [5.41, 5.74) is 1.32. The summed E-state index contributed by atoms with van der Waals surface area (Å²) in [5.74, 6) is -0.399. The Labute approximate surface area is 181 Å².